The van der Waals surface area contributed by atoms with Crippen molar-refractivity contribution in [2.75, 3.05) is 51.4 Å². The molecule has 0 amide bonds. The molecule has 0 aliphatic carbocycles. The molecule has 0 N–H and O–H groups in total. The first-order valence-electron chi connectivity index (χ1n) is 7.99. The number of rotatable bonds is 3. The zero-order valence-electron chi connectivity index (χ0n) is 13.8. The Bertz CT molecular complexity index is 438. The Hall–Kier alpha value is -1.26. The molecule has 4 heteroatoms. The summed E-state index contributed by atoms with van der Waals surface area (Å²) in [7, 11) is 1.75. The molecule has 0 aromatic heterocycles. The molecule has 0 saturated carbocycles. The molecule has 1 aromatic rings. The van der Waals surface area contributed by atoms with Crippen LogP contribution in [0.4, 0.5) is 5.69 Å². The van der Waals surface area contributed by atoms with E-state index >= 15 is 0 Å². The van der Waals surface area contributed by atoms with E-state index in [0.717, 1.165) is 45.1 Å². The van der Waals surface area contributed by atoms with Gasteiger partial charge in [-0.3, -0.25) is 4.90 Å². The van der Waals surface area contributed by atoms with Gasteiger partial charge in [0.15, 0.2) is 0 Å². The number of piperazine rings is 1. The number of methoxy groups -OCH3 is 1. The summed E-state index contributed by atoms with van der Waals surface area (Å²) in [5.41, 5.74) is 2.46. The van der Waals surface area contributed by atoms with E-state index in [9.17, 15) is 0 Å². The van der Waals surface area contributed by atoms with E-state index in [1.165, 1.54) is 11.3 Å². The molecule has 3 rings (SSSR count). The second kappa shape index (κ2) is 7.66. The van der Waals surface area contributed by atoms with Gasteiger partial charge in [0.25, 0.3) is 0 Å². The molecular formula is C17H28N2O2. The van der Waals surface area contributed by atoms with Crippen molar-refractivity contribution in [3.63, 3.8) is 0 Å². The zero-order chi connectivity index (χ0) is 15.2. The van der Waals surface area contributed by atoms with Gasteiger partial charge in [0.2, 0.25) is 0 Å². The Morgan fingerprint density at radius 3 is 2.29 bits per heavy atom. The Labute approximate surface area is 128 Å². The maximum Gasteiger partial charge on any atom is 0.142 e. The summed E-state index contributed by atoms with van der Waals surface area (Å²) in [5.74, 6) is 0.987. The van der Waals surface area contributed by atoms with Crippen LogP contribution in [-0.4, -0.2) is 57.4 Å². The van der Waals surface area contributed by atoms with E-state index in [1.54, 1.807) is 7.11 Å². The summed E-state index contributed by atoms with van der Waals surface area (Å²) in [6, 6.07) is 7.10. The number of ether oxygens (including phenoxy) is 2. The van der Waals surface area contributed by atoms with Gasteiger partial charge in [-0.1, -0.05) is 19.9 Å². The number of benzene rings is 1. The minimum atomic E-state index is 0.655. The average Bonchev–Trinajstić information content (AvgIpc) is 2.48. The topological polar surface area (TPSA) is 24.9 Å². The molecule has 2 fully saturated rings. The lowest BCUT2D eigenvalue weighted by atomic mass is 10.1. The predicted octanol–water partition coefficient (Wildman–Crippen LogP) is 2.55. The van der Waals surface area contributed by atoms with Crippen molar-refractivity contribution >= 4 is 5.69 Å². The van der Waals surface area contributed by atoms with E-state index in [1.807, 2.05) is 13.8 Å². The van der Waals surface area contributed by atoms with Crippen molar-refractivity contribution in [2.45, 2.75) is 26.8 Å². The summed E-state index contributed by atoms with van der Waals surface area (Å²) in [5, 5.41) is 0. The second-order valence-corrected chi connectivity index (χ2v) is 5.39. The first kappa shape index (κ1) is 16.1. The third-order valence-corrected chi connectivity index (χ3v) is 4.13. The Balaban J connectivity index is 0.000000774. The van der Waals surface area contributed by atoms with E-state index < -0.39 is 0 Å². The van der Waals surface area contributed by atoms with Gasteiger partial charge in [-0.15, -0.1) is 0 Å². The molecule has 0 bridgehead atoms. The van der Waals surface area contributed by atoms with Crippen LogP contribution < -0.4 is 9.64 Å². The van der Waals surface area contributed by atoms with Crippen LogP contribution in [0.1, 0.15) is 19.4 Å². The van der Waals surface area contributed by atoms with Crippen LogP contribution >= 0.6 is 0 Å². The number of nitrogens with zero attached hydrogens (tertiary/aromatic N) is 2. The Morgan fingerprint density at radius 1 is 1.10 bits per heavy atom. The first-order chi connectivity index (χ1) is 10.3. The van der Waals surface area contributed by atoms with Crippen molar-refractivity contribution in [3.8, 4) is 5.75 Å². The van der Waals surface area contributed by atoms with Crippen LogP contribution in [0.2, 0.25) is 0 Å². The highest BCUT2D eigenvalue weighted by atomic mass is 16.5. The maximum absolute atomic E-state index is 5.51. The fraction of sp³-hybridized carbons (Fsp3) is 0.647. The van der Waals surface area contributed by atoms with Crippen LogP contribution in [0.3, 0.4) is 0 Å². The van der Waals surface area contributed by atoms with Gasteiger partial charge in [-0.2, -0.15) is 0 Å². The molecule has 2 aliphatic rings. The largest absolute Gasteiger partial charge is 0.495 e. The van der Waals surface area contributed by atoms with Crippen LogP contribution in [0.15, 0.2) is 18.2 Å². The van der Waals surface area contributed by atoms with Crippen LogP contribution in [0.5, 0.6) is 5.75 Å². The number of hydrogen-bond acceptors (Lipinski definition) is 4. The zero-order valence-corrected chi connectivity index (χ0v) is 13.8. The van der Waals surface area contributed by atoms with Crippen molar-refractivity contribution in [1.29, 1.82) is 0 Å². The van der Waals surface area contributed by atoms with Crippen molar-refractivity contribution in [1.82, 2.24) is 4.90 Å². The fourth-order valence-electron chi connectivity index (χ4n) is 2.81. The molecular weight excluding hydrogens is 264 g/mol. The van der Waals surface area contributed by atoms with Gasteiger partial charge in [0, 0.05) is 26.2 Å². The summed E-state index contributed by atoms with van der Waals surface area (Å²) in [6.45, 7) is 12.3. The molecule has 4 nitrogen and oxygen atoms in total. The number of anilines is 1. The van der Waals surface area contributed by atoms with Gasteiger partial charge in [-0.25, -0.2) is 0 Å². The molecule has 118 valence electrons. The van der Waals surface area contributed by atoms with Crippen molar-refractivity contribution < 1.29 is 9.47 Å². The molecule has 21 heavy (non-hydrogen) atoms. The van der Waals surface area contributed by atoms with Gasteiger partial charge in [-0.05, 0) is 24.6 Å². The Kier molecular flexibility index (Phi) is 5.88. The van der Waals surface area contributed by atoms with Gasteiger partial charge < -0.3 is 14.4 Å². The van der Waals surface area contributed by atoms with E-state index in [2.05, 4.69) is 34.9 Å². The molecule has 2 saturated heterocycles. The summed E-state index contributed by atoms with van der Waals surface area (Å²) in [6.07, 6.45) is 0. The SMILES string of the molecule is CC.COc1cc(C)ccc1N1CCN(C2COC2)CC1. The standard InChI is InChI=1S/C15H22N2O2.C2H6/c1-12-3-4-14(15(9-12)18-2)17-7-5-16(6-8-17)13-10-19-11-13;1-2/h3-4,9,13H,5-8,10-11H2,1-2H3;1-2H3. The second-order valence-electron chi connectivity index (χ2n) is 5.39. The molecule has 0 spiro atoms. The quantitative estimate of drug-likeness (QED) is 0.855. The summed E-state index contributed by atoms with van der Waals surface area (Å²) >= 11 is 0. The third-order valence-electron chi connectivity index (χ3n) is 4.13. The summed E-state index contributed by atoms with van der Waals surface area (Å²) < 4.78 is 10.8. The minimum absolute atomic E-state index is 0.655. The predicted molar refractivity (Wildman–Crippen MR) is 87.5 cm³/mol. The fourth-order valence-corrected chi connectivity index (χ4v) is 2.81. The highest BCUT2D eigenvalue weighted by Crippen LogP contribution is 2.30. The highest BCUT2D eigenvalue weighted by molar-refractivity contribution is 5.60. The van der Waals surface area contributed by atoms with Crippen molar-refractivity contribution in [2.24, 2.45) is 0 Å². The normalized spacial score (nSPS) is 19.5. The molecule has 0 unspecified atom stereocenters. The Morgan fingerprint density at radius 2 is 1.76 bits per heavy atom. The van der Waals surface area contributed by atoms with Gasteiger partial charge in [0.05, 0.1) is 32.1 Å². The molecule has 2 heterocycles. The van der Waals surface area contributed by atoms with Crippen LogP contribution in [0.25, 0.3) is 0 Å². The van der Waals surface area contributed by atoms with E-state index in [4.69, 9.17) is 9.47 Å². The third kappa shape index (κ3) is 3.69. The van der Waals surface area contributed by atoms with Gasteiger partial charge >= 0.3 is 0 Å². The lowest BCUT2D eigenvalue weighted by Crippen LogP contribution is -2.56. The molecule has 1 aromatic carbocycles. The molecule has 0 atom stereocenters. The lowest BCUT2D eigenvalue weighted by molar-refractivity contribution is -0.0660. The smallest absolute Gasteiger partial charge is 0.142 e. The number of hydrogen-bond donors (Lipinski definition) is 0. The van der Waals surface area contributed by atoms with E-state index in [0.29, 0.717) is 6.04 Å². The average molecular weight is 292 g/mol. The van der Waals surface area contributed by atoms with E-state index in [-0.39, 0.29) is 0 Å². The lowest BCUT2D eigenvalue weighted by Gasteiger charge is -2.43. The van der Waals surface area contributed by atoms with Crippen LogP contribution in [0, 0.1) is 6.92 Å². The van der Waals surface area contributed by atoms with Gasteiger partial charge in [0.1, 0.15) is 5.75 Å². The molecule has 2 aliphatic heterocycles. The maximum atomic E-state index is 5.51. The molecule has 0 radical (unpaired) electrons. The highest BCUT2D eigenvalue weighted by Gasteiger charge is 2.29. The first-order valence-corrected chi connectivity index (χ1v) is 7.99. The van der Waals surface area contributed by atoms with Crippen LogP contribution in [-0.2, 0) is 4.74 Å². The van der Waals surface area contributed by atoms with Crippen molar-refractivity contribution in [3.05, 3.63) is 23.8 Å². The minimum Gasteiger partial charge on any atom is -0.495 e. The summed E-state index contributed by atoms with van der Waals surface area (Å²) in [4.78, 5) is 4.97. The number of aryl methyl sites for hydroxylation is 1. The monoisotopic (exact) mass is 292 g/mol.